The molecular weight excluding hydrogens is 612 g/mol. The Kier molecular flexibility index (Phi) is 9.35. The van der Waals surface area contributed by atoms with Gasteiger partial charge < -0.3 is 9.64 Å². The number of piperazine rings is 1. The minimum atomic E-state index is -4.82. The molecule has 2 aliphatic heterocycles. The highest BCUT2D eigenvalue weighted by Gasteiger charge is 2.44. The number of amides is 3. The summed E-state index contributed by atoms with van der Waals surface area (Å²) >= 11 is 5.78. The Morgan fingerprint density at radius 3 is 2.15 bits per heavy atom. The summed E-state index contributed by atoms with van der Waals surface area (Å²) in [5.74, 6) is -4.92. The van der Waals surface area contributed by atoms with Gasteiger partial charge in [-0.15, -0.1) is 0 Å². The van der Waals surface area contributed by atoms with Crippen LogP contribution in [0.2, 0.25) is 5.02 Å². The minimum Gasteiger partial charge on any atom is -0.451 e. The van der Waals surface area contributed by atoms with Crippen molar-refractivity contribution >= 4 is 43.8 Å². The van der Waals surface area contributed by atoms with Crippen molar-refractivity contribution in [2.45, 2.75) is 30.2 Å². The third-order valence-electron chi connectivity index (χ3n) is 6.52. The van der Waals surface area contributed by atoms with E-state index in [2.05, 4.69) is 0 Å². The molecule has 2 aliphatic rings. The van der Waals surface area contributed by atoms with E-state index in [-0.39, 0.29) is 5.75 Å². The Morgan fingerprint density at radius 2 is 1.56 bits per heavy atom. The van der Waals surface area contributed by atoms with E-state index in [0.29, 0.717) is 51.7 Å². The van der Waals surface area contributed by atoms with Crippen molar-refractivity contribution in [3.05, 3.63) is 53.1 Å². The average molecular weight is 638 g/mol. The molecule has 0 saturated carbocycles. The molecule has 4 rings (SSSR count). The topological polar surface area (TPSA) is 166 Å². The van der Waals surface area contributed by atoms with Crippen molar-refractivity contribution in [3.63, 3.8) is 0 Å². The molecule has 1 atom stereocenters. The lowest BCUT2D eigenvalue weighted by Crippen LogP contribution is -2.63. The van der Waals surface area contributed by atoms with Gasteiger partial charge in [-0.25, -0.2) is 32.2 Å². The summed E-state index contributed by atoms with van der Waals surface area (Å²) in [5.41, 5.74) is 1.28. The van der Waals surface area contributed by atoms with Crippen molar-refractivity contribution in [3.8, 4) is 11.5 Å². The van der Waals surface area contributed by atoms with Crippen LogP contribution in [0, 0.1) is 11.6 Å². The van der Waals surface area contributed by atoms with Crippen LogP contribution in [-0.4, -0.2) is 86.3 Å². The van der Waals surface area contributed by atoms with E-state index in [9.17, 15) is 40.4 Å². The van der Waals surface area contributed by atoms with Crippen molar-refractivity contribution in [2.75, 3.05) is 32.7 Å². The summed E-state index contributed by atoms with van der Waals surface area (Å²) in [7, 11) is -9.35. The Balaban J connectivity index is 1.56. The molecule has 18 heteroatoms. The molecule has 0 bridgehead atoms. The number of hydrogen-bond acceptors (Lipinski definition) is 8. The second kappa shape index (κ2) is 12.4. The highest BCUT2D eigenvalue weighted by Crippen LogP contribution is 2.32. The van der Waals surface area contributed by atoms with E-state index >= 15 is 0 Å². The number of benzene rings is 2. The number of hydroxylamine groups is 1. The van der Waals surface area contributed by atoms with Gasteiger partial charge in [0.05, 0.1) is 4.90 Å². The van der Waals surface area contributed by atoms with Crippen LogP contribution in [0.5, 0.6) is 11.5 Å². The normalized spacial score (nSPS) is 19.0. The van der Waals surface area contributed by atoms with Gasteiger partial charge in [-0.3, -0.25) is 10.0 Å². The molecule has 0 unspecified atom stereocenters. The molecule has 3 N–H and O–H groups in total. The van der Waals surface area contributed by atoms with Crippen LogP contribution in [0.15, 0.2) is 41.3 Å². The summed E-state index contributed by atoms with van der Waals surface area (Å²) < 4.78 is 90.6. The summed E-state index contributed by atoms with van der Waals surface area (Å²) in [6.07, 6.45) is 2.31. The van der Waals surface area contributed by atoms with Gasteiger partial charge in [0.1, 0.15) is 11.8 Å². The number of carbonyl (C=O) groups is 2. The molecule has 2 aromatic carbocycles. The van der Waals surface area contributed by atoms with Gasteiger partial charge in [-0.1, -0.05) is 11.6 Å². The Morgan fingerprint density at radius 1 is 0.951 bits per heavy atom. The average Bonchev–Trinajstić information content (AvgIpc) is 2.95. The molecule has 2 heterocycles. The molecule has 0 spiro atoms. The molecule has 2 saturated heterocycles. The monoisotopic (exact) mass is 637 g/mol. The highest BCUT2D eigenvalue weighted by atomic mass is 35.5. The van der Waals surface area contributed by atoms with Gasteiger partial charge in [0, 0.05) is 37.7 Å². The van der Waals surface area contributed by atoms with Gasteiger partial charge in [-0.2, -0.15) is 17.0 Å². The fourth-order valence-corrected chi connectivity index (χ4v) is 7.27. The van der Waals surface area contributed by atoms with Crippen LogP contribution in [0.3, 0.4) is 0 Å². The van der Waals surface area contributed by atoms with Crippen LogP contribution in [0.25, 0.3) is 0 Å². The number of ether oxygens (including phenoxy) is 1. The standard InChI is InChI=1S/C23H26ClF2N5O8S2/c24-15-4-6-16(7-5-15)39-21-18(25)12-17(13-19(21)26)40(35,36)31-11-10-30(14-20(31)22(32)27-34)41(37,38)28-23(33)29-8-2-1-3-9-29/h4-7,12-13,20,34H,1-3,8-11,14H2,(H,27,32)(H,28,33)/t20-/m0/s1. The number of nitrogens with one attached hydrogen (secondary N) is 2. The molecule has 0 radical (unpaired) electrons. The van der Waals surface area contributed by atoms with Gasteiger partial charge in [0.25, 0.3) is 5.91 Å². The molecule has 0 aliphatic carbocycles. The van der Waals surface area contributed by atoms with Crippen molar-refractivity contribution < 1.29 is 45.1 Å². The van der Waals surface area contributed by atoms with Crippen LogP contribution in [0.1, 0.15) is 19.3 Å². The predicted octanol–water partition coefficient (Wildman–Crippen LogP) is 2.03. The van der Waals surface area contributed by atoms with Crippen molar-refractivity contribution in [1.29, 1.82) is 0 Å². The maximum Gasteiger partial charge on any atom is 0.332 e. The van der Waals surface area contributed by atoms with E-state index in [1.807, 2.05) is 4.72 Å². The first-order valence-corrected chi connectivity index (χ1v) is 15.5. The minimum absolute atomic E-state index is 0.0206. The predicted molar refractivity (Wildman–Crippen MR) is 140 cm³/mol. The van der Waals surface area contributed by atoms with E-state index in [1.54, 1.807) is 0 Å². The molecule has 13 nitrogen and oxygen atoms in total. The lowest BCUT2D eigenvalue weighted by atomic mass is 10.1. The van der Waals surface area contributed by atoms with Crippen molar-refractivity contribution in [2.24, 2.45) is 0 Å². The van der Waals surface area contributed by atoms with Crippen LogP contribution < -0.4 is 14.9 Å². The third kappa shape index (κ3) is 6.87. The maximum atomic E-state index is 14.9. The number of hydrogen-bond donors (Lipinski definition) is 3. The van der Waals surface area contributed by atoms with Gasteiger partial charge in [0.2, 0.25) is 10.0 Å². The van der Waals surface area contributed by atoms with Crippen LogP contribution in [0.4, 0.5) is 13.6 Å². The zero-order valence-electron chi connectivity index (χ0n) is 21.3. The number of piperidine rings is 1. The number of halogens is 3. The first-order valence-electron chi connectivity index (χ1n) is 12.3. The molecule has 3 amide bonds. The van der Waals surface area contributed by atoms with Gasteiger partial charge >= 0.3 is 16.2 Å². The first kappa shape index (κ1) is 30.9. The van der Waals surface area contributed by atoms with E-state index < -0.39 is 80.1 Å². The van der Waals surface area contributed by atoms with Crippen LogP contribution in [-0.2, 0) is 25.0 Å². The Labute approximate surface area is 239 Å². The number of carbonyl (C=O) groups excluding carboxylic acids is 2. The fourth-order valence-electron chi connectivity index (χ4n) is 4.41. The molecule has 2 aromatic rings. The van der Waals surface area contributed by atoms with E-state index in [4.69, 9.17) is 16.3 Å². The number of nitrogens with zero attached hydrogens (tertiary/aromatic N) is 3. The van der Waals surface area contributed by atoms with Crippen molar-refractivity contribution in [1.82, 2.24) is 23.7 Å². The lowest BCUT2D eigenvalue weighted by molar-refractivity contribution is -0.134. The SMILES string of the molecule is O=C(NO)[C@@H]1CN(S(=O)(=O)NC(=O)N2CCCCC2)CCN1S(=O)(=O)c1cc(F)c(Oc2ccc(Cl)cc2)c(F)c1. The Bertz CT molecular complexity index is 1500. The summed E-state index contributed by atoms with van der Waals surface area (Å²) in [5, 5.41) is 9.56. The second-order valence-corrected chi connectivity index (χ2v) is 13.2. The van der Waals surface area contributed by atoms with E-state index in [1.165, 1.54) is 34.6 Å². The molecule has 0 aromatic heterocycles. The number of likely N-dealkylation sites (tertiary alicyclic amines) is 1. The van der Waals surface area contributed by atoms with Gasteiger partial charge in [-0.05, 0) is 55.7 Å². The Hall–Kier alpha value is -3.09. The van der Waals surface area contributed by atoms with Gasteiger partial charge in [0.15, 0.2) is 17.4 Å². The summed E-state index contributed by atoms with van der Waals surface area (Å²) in [6, 6.07) is 3.76. The van der Waals surface area contributed by atoms with Crippen LogP contribution >= 0.6 is 11.6 Å². The lowest BCUT2D eigenvalue weighted by Gasteiger charge is -2.38. The first-order chi connectivity index (χ1) is 19.3. The number of urea groups is 1. The molecule has 2 fully saturated rings. The third-order valence-corrected chi connectivity index (χ3v) is 10.1. The zero-order valence-corrected chi connectivity index (χ0v) is 23.7. The fraction of sp³-hybridized carbons (Fsp3) is 0.391. The van der Waals surface area contributed by atoms with E-state index in [0.717, 1.165) is 6.42 Å². The second-order valence-electron chi connectivity index (χ2n) is 9.20. The molecule has 41 heavy (non-hydrogen) atoms. The summed E-state index contributed by atoms with van der Waals surface area (Å²) in [4.78, 5) is 25.3. The smallest absolute Gasteiger partial charge is 0.332 e. The largest absolute Gasteiger partial charge is 0.451 e. The molecule has 224 valence electrons. The zero-order chi connectivity index (χ0) is 29.9. The quantitative estimate of drug-likeness (QED) is 0.306. The summed E-state index contributed by atoms with van der Waals surface area (Å²) in [6.45, 7) is -1.25. The number of rotatable bonds is 7. The molecular formula is C23H26ClF2N5O8S2. The maximum absolute atomic E-state index is 14.9. The number of sulfonamides is 1. The highest BCUT2D eigenvalue weighted by molar-refractivity contribution is 7.89.